The van der Waals surface area contributed by atoms with Crippen LogP contribution in [0, 0.1) is 5.92 Å². The van der Waals surface area contributed by atoms with Gasteiger partial charge in [0.15, 0.2) is 0 Å². The molecule has 1 rings (SSSR count). The van der Waals surface area contributed by atoms with Crippen LogP contribution in [-0.4, -0.2) is 26.2 Å². The Bertz CT molecular complexity index is 235. The van der Waals surface area contributed by atoms with E-state index in [2.05, 4.69) is 0 Å². The van der Waals surface area contributed by atoms with Crippen LogP contribution in [-0.2, 0) is 18.4 Å². The smallest absolute Gasteiger partial charge is 0.312 e. The highest BCUT2D eigenvalue weighted by atomic mass is 31.2. The fraction of sp³-hybridized carbons (Fsp3) is 0.923. The predicted molar refractivity (Wildman–Crippen MR) is 76.1 cm³/mol. The van der Waals surface area contributed by atoms with Crippen LogP contribution in [0.2, 0.25) is 0 Å². The molecule has 0 radical (unpaired) electrons. The first-order valence-electron chi connectivity index (χ1n) is 6.84. The molecule has 1 atom stereocenters. The van der Waals surface area contributed by atoms with Crippen molar-refractivity contribution < 1.29 is 18.4 Å². The summed E-state index contributed by atoms with van der Waals surface area (Å²) in [4.78, 5) is 10.5. The van der Waals surface area contributed by atoms with Gasteiger partial charge in [-0.25, -0.2) is 0 Å². The minimum Gasteiger partial charge on any atom is -0.312 e. The summed E-state index contributed by atoms with van der Waals surface area (Å²) >= 11 is 0. The standard InChI is InChI=1S/C9H17O4P.2C2H6/c1-12-14(2,11)13-9-5-3-8(7-10)4-6-9;2*1-2/h7-9H,3-6H2,1-2H3;2*1-2H3. The normalized spacial score (nSPS) is 25.7. The second-order valence-corrected chi connectivity index (χ2v) is 5.85. The van der Waals surface area contributed by atoms with Crippen LogP contribution in [0.4, 0.5) is 0 Å². The van der Waals surface area contributed by atoms with Gasteiger partial charge in [0, 0.05) is 19.7 Å². The van der Waals surface area contributed by atoms with E-state index in [-0.39, 0.29) is 12.0 Å². The zero-order valence-corrected chi connectivity index (χ0v) is 13.5. The van der Waals surface area contributed by atoms with E-state index in [0.717, 1.165) is 32.0 Å². The maximum atomic E-state index is 11.5. The minimum absolute atomic E-state index is 0.0121. The lowest BCUT2D eigenvalue weighted by Gasteiger charge is -2.27. The van der Waals surface area contributed by atoms with E-state index >= 15 is 0 Å². The van der Waals surface area contributed by atoms with Crippen molar-refractivity contribution in [3.8, 4) is 0 Å². The van der Waals surface area contributed by atoms with Gasteiger partial charge >= 0.3 is 7.60 Å². The Morgan fingerprint density at radius 3 is 1.83 bits per heavy atom. The van der Waals surface area contributed by atoms with Crippen LogP contribution in [0.1, 0.15) is 53.4 Å². The highest BCUT2D eigenvalue weighted by molar-refractivity contribution is 7.52. The lowest BCUT2D eigenvalue weighted by Crippen LogP contribution is -2.21. The summed E-state index contributed by atoms with van der Waals surface area (Å²) in [6.07, 6.45) is 4.24. The van der Waals surface area contributed by atoms with Gasteiger partial charge in [0.1, 0.15) is 6.29 Å². The van der Waals surface area contributed by atoms with Crippen molar-refractivity contribution in [1.82, 2.24) is 0 Å². The van der Waals surface area contributed by atoms with Crippen molar-refractivity contribution in [2.45, 2.75) is 59.5 Å². The minimum atomic E-state index is -2.86. The van der Waals surface area contributed by atoms with E-state index in [9.17, 15) is 9.36 Å². The molecule has 1 aliphatic rings. The first-order chi connectivity index (χ1) is 8.57. The molecule has 18 heavy (non-hydrogen) atoms. The zero-order chi connectivity index (χ0) is 14.6. The quantitative estimate of drug-likeness (QED) is 0.569. The van der Waals surface area contributed by atoms with Crippen molar-refractivity contribution in [2.24, 2.45) is 5.92 Å². The van der Waals surface area contributed by atoms with Gasteiger partial charge in [0.05, 0.1) is 6.10 Å². The third-order valence-corrected chi connectivity index (χ3v) is 3.93. The van der Waals surface area contributed by atoms with Crippen molar-refractivity contribution in [3.63, 3.8) is 0 Å². The molecule has 0 aromatic carbocycles. The van der Waals surface area contributed by atoms with Crippen LogP contribution >= 0.6 is 7.60 Å². The molecule has 0 heterocycles. The molecule has 4 nitrogen and oxygen atoms in total. The molecule has 0 amide bonds. The van der Waals surface area contributed by atoms with Crippen molar-refractivity contribution >= 4 is 13.9 Å². The summed E-state index contributed by atoms with van der Waals surface area (Å²) in [7, 11) is -1.47. The van der Waals surface area contributed by atoms with E-state index in [1.807, 2.05) is 27.7 Å². The molecule has 0 spiro atoms. The van der Waals surface area contributed by atoms with E-state index in [0.29, 0.717) is 0 Å². The average molecular weight is 280 g/mol. The fourth-order valence-corrected chi connectivity index (χ4v) is 2.48. The molecule has 0 aromatic rings. The topological polar surface area (TPSA) is 52.6 Å². The first-order valence-corrected chi connectivity index (χ1v) is 8.83. The van der Waals surface area contributed by atoms with Gasteiger partial charge in [-0.05, 0) is 25.7 Å². The molecule has 0 saturated heterocycles. The van der Waals surface area contributed by atoms with Crippen molar-refractivity contribution in [2.75, 3.05) is 13.8 Å². The number of carbonyl (C=O) groups is 1. The predicted octanol–water partition coefficient (Wildman–Crippen LogP) is 4.28. The number of rotatable bonds is 4. The molecule has 1 unspecified atom stereocenters. The van der Waals surface area contributed by atoms with Crippen LogP contribution < -0.4 is 0 Å². The highest BCUT2D eigenvalue weighted by Crippen LogP contribution is 2.46. The summed E-state index contributed by atoms with van der Waals surface area (Å²) in [5, 5.41) is 0. The SMILES string of the molecule is CC.CC.COP(C)(=O)OC1CCC(C=O)CC1. The average Bonchev–Trinajstić information content (AvgIpc) is 2.44. The number of aldehydes is 1. The Balaban J connectivity index is 0. The fourth-order valence-electron chi connectivity index (χ4n) is 1.64. The summed E-state index contributed by atoms with van der Waals surface area (Å²) in [5.41, 5.74) is 0. The summed E-state index contributed by atoms with van der Waals surface area (Å²) in [6, 6.07) is 0. The van der Waals surface area contributed by atoms with Gasteiger partial charge in [-0.3, -0.25) is 4.57 Å². The second-order valence-electron chi connectivity index (χ2n) is 3.73. The number of hydrogen-bond acceptors (Lipinski definition) is 4. The molecule has 5 heteroatoms. The van der Waals surface area contributed by atoms with Gasteiger partial charge in [-0.15, -0.1) is 0 Å². The van der Waals surface area contributed by atoms with Gasteiger partial charge in [0.25, 0.3) is 0 Å². The number of carbonyl (C=O) groups excluding carboxylic acids is 1. The van der Waals surface area contributed by atoms with E-state index in [1.54, 1.807) is 0 Å². The molecule has 0 aliphatic heterocycles. The largest absolute Gasteiger partial charge is 0.327 e. The summed E-state index contributed by atoms with van der Waals surface area (Å²) in [6.45, 7) is 9.47. The van der Waals surface area contributed by atoms with Crippen LogP contribution in [0.5, 0.6) is 0 Å². The van der Waals surface area contributed by atoms with Gasteiger partial charge in [-0.2, -0.15) is 0 Å². The molecule has 0 bridgehead atoms. The molecule has 0 N–H and O–H groups in total. The zero-order valence-electron chi connectivity index (χ0n) is 12.6. The molecule has 1 aliphatic carbocycles. The molecule has 1 saturated carbocycles. The highest BCUT2D eigenvalue weighted by Gasteiger charge is 2.26. The van der Waals surface area contributed by atoms with Crippen LogP contribution in [0.25, 0.3) is 0 Å². The van der Waals surface area contributed by atoms with Gasteiger partial charge < -0.3 is 13.8 Å². The van der Waals surface area contributed by atoms with E-state index < -0.39 is 7.60 Å². The summed E-state index contributed by atoms with van der Waals surface area (Å²) < 4.78 is 21.6. The third-order valence-electron chi connectivity index (χ3n) is 2.58. The van der Waals surface area contributed by atoms with Gasteiger partial charge in [0.2, 0.25) is 0 Å². The molecular weight excluding hydrogens is 251 g/mol. The maximum Gasteiger partial charge on any atom is 0.327 e. The molecule has 0 aromatic heterocycles. The number of hydrogen-bond donors (Lipinski definition) is 0. The van der Waals surface area contributed by atoms with Gasteiger partial charge in [-0.1, -0.05) is 27.7 Å². The Morgan fingerprint density at radius 1 is 1.06 bits per heavy atom. The second kappa shape index (κ2) is 11.9. The monoisotopic (exact) mass is 280 g/mol. The Morgan fingerprint density at radius 2 is 1.50 bits per heavy atom. The lowest BCUT2D eigenvalue weighted by atomic mass is 9.89. The van der Waals surface area contributed by atoms with Crippen molar-refractivity contribution in [1.29, 1.82) is 0 Å². The van der Waals surface area contributed by atoms with Crippen LogP contribution in [0.3, 0.4) is 0 Å². The maximum absolute atomic E-state index is 11.5. The molecule has 1 fully saturated rings. The Labute approximate surface area is 112 Å². The Hall–Kier alpha value is -0.180. The molecular formula is C13H29O4P. The molecule has 110 valence electrons. The summed E-state index contributed by atoms with van der Waals surface area (Å²) in [5.74, 6) is 0.161. The lowest BCUT2D eigenvalue weighted by molar-refractivity contribution is -0.112. The van der Waals surface area contributed by atoms with E-state index in [4.69, 9.17) is 9.05 Å². The van der Waals surface area contributed by atoms with Crippen molar-refractivity contribution in [3.05, 3.63) is 0 Å². The Kier molecular flexibility index (Phi) is 13.3. The van der Waals surface area contributed by atoms with E-state index in [1.165, 1.54) is 13.8 Å². The van der Waals surface area contributed by atoms with Crippen LogP contribution in [0.15, 0.2) is 0 Å². The first kappa shape index (κ1) is 20.1. The third kappa shape index (κ3) is 8.84.